The van der Waals surface area contributed by atoms with E-state index < -0.39 is 0 Å². The number of benzene rings is 2. The van der Waals surface area contributed by atoms with Crippen LogP contribution in [0.4, 0.5) is 0 Å². The van der Waals surface area contributed by atoms with Crippen molar-refractivity contribution in [3.8, 4) is 0 Å². The molecule has 84 heavy (non-hydrogen) atoms. The highest BCUT2D eigenvalue weighted by atomic mass is 16.5. The van der Waals surface area contributed by atoms with Crippen LogP contribution in [0.3, 0.4) is 0 Å². The van der Waals surface area contributed by atoms with Crippen molar-refractivity contribution >= 4 is 34.7 Å². The van der Waals surface area contributed by atoms with Crippen LogP contribution in [0.5, 0.6) is 0 Å². The first-order valence-corrected chi connectivity index (χ1v) is 32.0. The molecule has 0 atom stereocenters. The number of methoxy groups -OCH3 is 1. The molecule has 1 aliphatic carbocycles. The van der Waals surface area contributed by atoms with Crippen LogP contribution in [0.15, 0.2) is 83.7 Å². The van der Waals surface area contributed by atoms with Crippen molar-refractivity contribution in [3.05, 3.63) is 95.9 Å². The Bertz CT molecular complexity index is 2020. The minimum Gasteiger partial charge on any atom is -0.472 e. The molecule has 1 saturated carbocycles. The highest BCUT2D eigenvalue weighted by Crippen LogP contribution is 2.28. The number of ether oxygens (including phenoxy) is 1. The van der Waals surface area contributed by atoms with Crippen molar-refractivity contribution in [1.82, 2.24) is 0 Å². The summed E-state index contributed by atoms with van der Waals surface area (Å²) in [6.07, 6.45) is 14.6. The lowest BCUT2D eigenvalue weighted by Gasteiger charge is -2.17. The molecule has 9 nitrogen and oxygen atoms in total. The molecule has 0 amide bonds. The van der Waals surface area contributed by atoms with Crippen molar-refractivity contribution in [2.45, 2.75) is 257 Å². The second kappa shape index (κ2) is 52.9. The Kier molecular flexibility index (Phi) is 55.7. The van der Waals surface area contributed by atoms with Gasteiger partial charge in [-0.05, 0) is 76.2 Å². The average molecular weight is 1180 g/mol. The first-order valence-electron chi connectivity index (χ1n) is 32.0. The number of aliphatic hydroxyl groups is 1. The zero-order chi connectivity index (χ0) is 66.2. The summed E-state index contributed by atoms with van der Waals surface area (Å²) < 4.78 is 9.60. The van der Waals surface area contributed by atoms with E-state index in [-0.39, 0.29) is 22.4 Å². The van der Waals surface area contributed by atoms with E-state index in [9.17, 15) is 28.8 Å². The number of hydrogen-bond donors (Lipinski definition) is 1. The molecule has 2 aromatic carbocycles. The summed E-state index contributed by atoms with van der Waals surface area (Å²) in [7, 11) is 1.72. The molecule has 4 rings (SSSR count). The number of hydrogen-bond acceptors (Lipinski definition) is 9. The fraction of sp³-hybridized carbons (Fsp3) is 0.707. The number of rotatable bonds is 22. The molecule has 1 N–H and O–H groups in total. The number of carbonyl (C=O) groups is 6. The van der Waals surface area contributed by atoms with Gasteiger partial charge in [0.25, 0.3) is 0 Å². The van der Waals surface area contributed by atoms with Crippen molar-refractivity contribution in [3.63, 3.8) is 0 Å². The van der Waals surface area contributed by atoms with Gasteiger partial charge in [0.15, 0.2) is 11.6 Å². The average Bonchev–Trinajstić information content (AvgIpc) is 4.07. The number of carbonyl (C=O) groups excluding carboxylic acids is 6. The lowest BCUT2D eigenvalue weighted by molar-refractivity contribution is -0.127. The normalized spacial score (nSPS) is 11.9. The minimum absolute atomic E-state index is 0.149. The summed E-state index contributed by atoms with van der Waals surface area (Å²) in [6, 6.07) is 21.1. The minimum atomic E-state index is -0.149. The van der Waals surface area contributed by atoms with Gasteiger partial charge < -0.3 is 14.3 Å². The van der Waals surface area contributed by atoms with Crippen LogP contribution in [0, 0.1) is 70.0 Å². The topological polar surface area (TPSA) is 145 Å². The zero-order valence-corrected chi connectivity index (χ0v) is 59.1. The fourth-order valence-corrected chi connectivity index (χ4v) is 7.58. The van der Waals surface area contributed by atoms with Gasteiger partial charge in [0.05, 0.1) is 11.8 Å². The zero-order valence-electron chi connectivity index (χ0n) is 59.1. The van der Waals surface area contributed by atoms with Gasteiger partial charge in [-0.3, -0.25) is 28.8 Å². The van der Waals surface area contributed by atoms with Crippen LogP contribution in [0.1, 0.15) is 276 Å². The van der Waals surface area contributed by atoms with Crippen molar-refractivity contribution in [2.24, 2.45) is 70.0 Å². The summed E-state index contributed by atoms with van der Waals surface area (Å²) in [5.74, 6) is 7.52. The first kappa shape index (κ1) is 88.4. The van der Waals surface area contributed by atoms with Crippen LogP contribution in [-0.2, 0) is 30.3 Å². The molecule has 1 heterocycles. The van der Waals surface area contributed by atoms with Gasteiger partial charge in [-0.2, -0.15) is 0 Å². The summed E-state index contributed by atoms with van der Waals surface area (Å²) >= 11 is 0. The Balaban J connectivity index is -0.000000284. The summed E-state index contributed by atoms with van der Waals surface area (Å²) in [5, 5.41) is 8.14. The summed E-state index contributed by atoms with van der Waals surface area (Å²) in [5.41, 5.74) is 2.63. The summed E-state index contributed by atoms with van der Waals surface area (Å²) in [4.78, 5) is 68.1. The second-order valence-electron chi connectivity index (χ2n) is 29.0. The third-order valence-electron chi connectivity index (χ3n) is 11.3. The van der Waals surface area contributed by atoms with E-state index in [1.54, 1.807) is 13.2 Å². The molecule has 9 heteroatoms. The molecule has 3 aromatic rings. The molecule has 0 spiro atoms. The van der Waals surface area contributed by atoms with Gasteiger partial charge in [0.1, 0.15) is 29.4 Å². The molecule has 0 unspecified atom stereocenters. The van der Waals surface area contributed by atoms with E-state index in [1.807, 2.05) is 109 Å². The third kappa shape index (κ3) is 68.4. The Morgan fingerprint density at radius 3 is 1.19 bits per heavy atom. The quantitative estimate of drug-likeness (QED) is 0.0972. The van der Waals surface area contributed by atoms with E-state index in [1.165, 1.54) is 38.2 Å². The Hall–Kier alpha value is -4.34. The smallest absolute Gasteiger partial charge is 0.166 e. The molecule has 0 radical (unpaired) electrons. The van der Waals surface area contributed by atoms with Gasteiger partial charge in [0, 0.05) is 89.1 Å². The number of Topliss-reactive ketones (excluding diaryl/α,β-unsaturated/α-hetero) is 6. The van der Waals surface area contributed by atoms with Gasteiger partial charge in [-0.15, -0.1) is 0 Å². The highest BCUT2D eigenvalue weighted by molar-refractivity contribution is 5.96. The molecule has 1 aliphatic rings. The number of ketones is 6. The van der Waals surface area contributed by atoms with Crippen LogP contribution in [-0.4, -0.2) is 60.1 Å². The fourth-order valence-electron chi connectivity index (χ4n) is 7.58. The van der Waals surface area contributed by atoms with Crippen molar-refractivity contribution < 1.29 is 43.0 Å². The molecule has 0 aliphatic heterocycles. The monoisotopic (exact) mass is 1180 g/mol. The van der Waals surface area contributed by atoms with Gasteiger partial charge in [0.2, 0.25) is 0 Å². The maximum absolute atomic E-state index is 11.5. The SMILES string of the molecule is CC(C)C.CC(C)CC(=O)C(C)(C)C.CC(C)CC(=O)CC(C)(C)C.CC(C)CC(=O)CC1CCCC1.CC(C)CC(=O)Cc1ccccc1.CC(C)CC(=O)c1ccccc1.CC(C)CC(=O)c1ccoc1.CC(C)CO.COCC(C)C. The van der Waals surface area contributed by atoms with Gasteiger partial charge >= 0.3 is 0 Å². The number of furan rings is 1. The van der Waals surface area contributed by atoms with E-state index in [2.05, 4.69) is 125 Å². The Labute approximate surface area is 518 Å². The summed E-state index contributed by atoms with van der Waals surface area (Å²) in [6.45, 7) is 53.0. The lowest BCUT2D eigenvalue weighted by Crippen LogP contribution is -2.21. The highest BCUT2D eigenvalue weighted by Gasteiger charge is 2.22. The van der Waals surface area contributed by atoms with E-state index in [0.717, 1.165) is 48.8 Å². The molecular formula is C75H132O9. The maximum atomic E-state index is 11.5. The second-order valence-corrected chi connectivity index (χ2v) is 29.0. The van der Waals surface area contributed by atoms with Crippen LogP contribution in [0.25, 0.3) is 0 Å². The lowest BCUT2D eigenvalue weighted by atomic mass is 9.86. The molecule has 0 saturated heterocycles. The molecule has 486 valence electrons. The van der Waals surface area contributed by atoms with Gasteiger partial charge in [-0.25, -0.2) is 0 Å². The predicted molar refractivity (Wildman–Crippen MR) is 360 cm³/mol. The standard InChI is InChI=1S/C12H16O.C11H20O.C11H14O.C10H20O.C9H12O2.C9H18O.C5H12O.C4H10O.C4H10/c1-10(2)8-12(13)9-11-6-4-3-5-7-11;1-9(2)7-11(12)8-10-5-3-4-6-10;1-9(2)8-11(12)10-6-4-3-5-7-10;1-8(2)6-9(11)7-10(3,4)5;1-7(2)5-9(10)8-3-4-11-6-8;1-7(2)6-8(10)9(3,4)5;1-5(2)4-6-3;1-4(2)3-5;1-4(2)3/h3-7,10H,8-9H2,1-2H3;9-10H,3-8H2,1-2H3;3-7,9H,8H2,1-2H3;8H,6-7H2,1-5H3;3-4,6-7H,5H2,1-2H3;7H,6H2,1-5H3;5H,4H2,1-3H3;4-5H,3H2,1-2H3;4H,1-3H3. The molecule has 1 aromatic heterocycles. The van der Waals surface area contributed by atoms with Crippen LogP contribution in [0.2, 0.25) is 0 Å². The number of aliphatic hydroxyl groups excluding tert-OH is 1. The molecular weight excluding hydrogens is 1040 g/mol. The van der Waals surface area contributed by atoms with Crippen molar-refractivity contribution in [2.75, 3.05) is 20.3 Å². The van der Waals surface area contributed by atoms with E-state index in [0.29, 0.717) is 121 Å². The predicted octanol–water partition coefficient (Wildman–Crippen LogP) is 20.7. The third-order valence-corrected chi connectivity index (χ3v) is 11.3. The largest absolute Gasteiger partial charge is 0.472 e. The first-order chi connectivity index (χ1) is 38.7. The van der Waals surface area contributed by atoms with Gasteiger partial charge in [-0.1, -0.05) is 259 Å². The molecule has 0 bridgehead atoms. The van der Waals surface area contributed by atoms with E-state index in [4.69, 9.17) is 14.3 Å². The Morgan fingerprint density at radius 1 is 0.500 bits per heavy atom. The Morgan fingerprint density at radius 2 is 0.881 bits per heavy atom. The van der Waals surface area contributed by atoms with Crippen LogP contribution >= 0.6 is 0 Å². The van der Waals surface area contributed by atoms with E-state index >= 15 is 0 Å². The van der Waals surface area contributed by atoms with Crippen LogP contribution < -0.4 is 0 Å². The molecule has 1 fully saturated rings. The maximum Gasteiger partial charge on any atom is 0.166 e. The van der Waals surface area contributed by atoms with Crippen molar-refractivity contribution in [1.29, 1.82) is 0 Å².